The second-order valence-electron chi connectivity index (χ2n) is 3.47. The molecule has 1 saturated heterocycles. The van der Waals surface area contributed by atoms with Crippen molar-refractivity contribution in [3.8, 4) is 0 Å². The van der Waals surface area contributed by atoms with E-state index in [-0.39, 0.29) is 5.82 Å². The molecule has 0 amide bonds. The predicted molar refractivity (Wildman–Crippen MR) is 58.1 cm³/mol. The summed E-state index contributed by atoms with van der Waals surface area (Å²) < 4.78 is 12.5. The van der Waals surface area contributed by atoms with E-state index in [1.54, 1.807) is 6.07 Å². The molecule has 1 aliphatic rings. The summed E-state index contributed by atoms with van der Waals surface area (Å²) in [6.07, 6.45) is 2.52. The van der Waals surface area contributed by atoms with Crippen molar-refractivity contribution in [3.05, 3.63) is 24.1 Å². The molecule has 4 heteroatoms. The molecule has 1 aromatic heterocycles. The maximum absolute atomic E-state index is 12.5. The minimum Gasteiger partial charge on any atom is -0.370 e. The Bertz CT molecular complexity index is 283. The zero-order chi connectivity index (χ0) is 9.80. The number of aromatic nitrogens is 1. The molecule has 76 valence electrons. The van der Waals surface area contributed by atoms with Gasteiger partial charge in [-0.25, -0.2) is 9.37 Å². The lowest BCUT2D eigenvalue weighted by molar-refractivity contribution is 0.618. The van der Waals surface area contributed by atoms with Gasteiger partial charge in [0.1, 0.15) is 11.6 Å². The van der Waals surface area contributed by atoms with E-state index in [4.69, 9.17) is 0 Å². The predicted octanol–water partition coefficient (Wildman–Crippen LogP) is 2.39. The molecule has 0 spiro atoms. The van der Waals surface area contributed by atoms with E-state index in [0.29, 0.717) is 0 Å². The summed E-state index contributed by atoms with van der Waals surface area (Å²) in [6.45, 7) is 0.950. The van der Waals surface area contributed by atoms with Crippen molar-refractivity contribution in [2.75, 3.05) is 23.4 Å². The van der Waals surface area contributed by atoms with E-state index in [0.717, 1.165) is 18.3 Å². The number of pyridine rings is 1. The summed E-state index contributed by atoms with van der Waals surface area (Å²) in [4.78, 5) is 3.95. The van der Waals surface area contributed by atoms with Gasteiger partial charge in [-0.1, -0.05) is 0 Å². The smallest absolute Gasteiger partial charge is 0.141 e. The van der Waals surface area contributed by atoms with Crippen LogP contribution in [0, 0.1) is 11.7 Å². The molecule has 14 heavy (non-hydrogen) atoms. The Morgan fingerprint density at radius 1 is 1.57 bits per heavy atom. The number of hydrogen-bond donors (Lipinski definition) is 1. The first kappa shape index (κ1) is 9.77. The molecule has 1 fully saturated rings. The van der Waals surface area contributed by atoms with Crippen LogP contribution in [0.1, 0.15) is 6.42 Å². The largest absolute Gasteiger partial charge is 0.370 e. The van der Waals surface area contributed by atoms with Crippen molar-refractivity contribution in [3.63, 3.8) is 0 Å². The van der Waals surface area contributed by atoms with Gasteiger partial charge in [-0.2, -0.15) is 11.8 Å². The monoisotopic (exact) mass is 212 g/mol. The van der Waals surface area contributed by atoms with Gasteiger partial charge >= 0.3 is 0 Å². The molecule has 2 heterocycles. The lowest BCUT2D eigenvalue weighted by Crippen LogP contribution is -2.14. The first-order chi connectivity index (χ1) is 6.84. The molecular formula is C10H13FN2S. The molecule has 1 N–H and O–H groups in total. The summed E-state index contributed by atoms with van der Waals surface area (Å²) in [6, 6.07) is 3.11. The second kappa shape index (κ2) is 4.64. The fraction of sp³-hybridized carbons (Fsp3) is 0.500. The van der Waals surface area contributed by atoms with Crippen molar-refractivity contribution in [2.45, 2.75) is 6.42 Å². The number of nitrogens with zero attached hydrogens (tertiary/aromatic N) is 1. The number of anilines is 1. The Morgan fingerprint density at radius 2 is 2.50 bits per heavy atom. The maximum atomic E-state index is 12.5. The van der Waals surface area contributed by atoms with Crippen molar-refractivity contribution in [2.24, 2.45) is 5.92 Å². The fourth-order valence-electron chi connectivity index (χ4n) is 1.47. The van der Waals surface area contributed by atoms with E-state index < -0.39 is 0 Å². The van der Waals surface area contributed by atoms with Crippen molar-refractivity contribution >= 4 is 17.6 Å². The van der Waals surface area contributed by atoms with Crippen LogP contribution in [0.15, 0.2) is 18.3 Å². The van der Waals surface area contributed by atoms with E-state index in [2.05, 4.69) is 10.3 Å². The van der Waals surface area contributed by atoms with Gasteiger partial charge in [0, 0.05) is 6.54 Å². The third-order valence-corrected chi connectivity index (χ3v) is 3.55. The minimum atomic E-state index is -0.285. The van der Waals surface area contributed by atoms with Crippen LogP contribution in [0.4, 0.5) is 10.2 Å². The highest BCUT2D eigenvalue weighted by Crippen LogP contribution is 2.23. The topological polar surface area (TPSA) is 24.9 Å². The average molecular weight is 212 g/mol. The quantitative estimate of drug-likeness (QED) is 0.832. The highest BCUT2D eigenvalue weighted by Gasteiger charge is 2.14. The van der Waals surface area contributed by atoms with Crippen molar-refractivity contribution < 1.29 is 4.39 Å². The fourth-order valence-corrected chi connectivity index (χ4v) is 2.76. The standard InChI is InChI=1S/C10H13FN2S/c11-9-1-2-10(13-6-9)12-5-8-3-4-14-7-8/h1-2,6,8H,3-5,7H2,(H,12,13). The Labute approximate surface area is 87.3 Å². The summed E-state index contributed by atoms with van der Waals surface area (Å²) >= 11 is 2.00. The van der Waals surface area contributed by atoms with Gasteiger partial charge in [-0.3, -0.25) is 0 Å². The number of rotatable bonds is 3. The van der Waals surface area contributed by atoms with Crippen LogP contribution in [-0.2, 0) is 0 Å². The van der Waals surface area contributed by atoms with E-state index in [1.807, 2.05) is 11.8 Å². The molecule has 2 nitrogen and oxygen atoms in total. The molecule has 0 saturated carbocycles. The van der Waals surface area contributed by atoms with Gasteiger partial charge in [0.05, 0.1) is 6.20 Å². The molecule has 2 rings (SSSR count). The van der Waals surface area contributed by atoms with Crippen LogP contribution < -0.4 is 5.32 Å². The number of nitrogens with one attached hydrogen (secondary N) is 1. The van der Waals surface area contributed by atoms with Gasteiger partial charge in [0.2, 0.25) is 0 Å². The van der Waals surface area contributed by atoms with Crippen molar-refractivity contribution in [1.29, 1.82) is 0 Å². The Morgan fingerprint density at radius 3 is 3.14 bits per heavy atom. The minimum absolute atomic E-state index is 0.285. The molecule has 1 atom stereocenters. The summed E-state index contributed by atoms with van der Waals surface area (Å²) in [5, 5.41) is 3.22. The average Bonchev–Trinajstić information content (AvgIpc) is 2.70. The SMILES string of the molecule is Fc1ccc(NCC2CCSC2)nc1. The molecule has 1 aromatic rings. The highest BCUT2D eigenvalue weighted by molar-refractivity contribution is 7.99. The Hall–Kier alpha value is -0.770. The molecule has 0 bridgehead atoms. The van der Waals surface area contributed by atoms with Gasteiger partial charge in [-0.05, 0) is 36.0 Å². The molecule has 0 radical (unpaired) electrons. The molecular weight excluding hydrogens is 199 g/mol. The van der Waals surface area contributed by atoms with E-state index in [1.165, 1.54) is 30.2 Å². The lowest BCUT2D eigenvalue weighted by Gasteiger charge is -2.09. The second-order valence-corrected chi connectivity index (χ2v) is 4.62. The first-order valence-corrected chi connectivity index (χ1v) is 5.93. The number of hydrogen-bond acceptors (Lipinski definition) is 3. The van der Waals surface area contributed by atoms with E-state index in [9.17, 15) is 4.39 Å². The van der Waals surface area contributed by atoms with Gasteiger partial charge in [-0.15, -0.1) is 0 Å². The molecule has 0 aliphatic carbocycles. The summed E-state index contributed by atoms with van der Waals surface area (Å²) in [5.74, 6) is 3.72. The van der Waals surface area contributed by atoms with Crippen LogP contribution in [0.5, 0.6) is 0 Å². The first-order valence-electron chi connectivity index (χ1n) is 4.78. The molecule has 1 unspecified atom stereocenters. The molecule has 1 aliphatic heterocycles. The van der Waals surface area contributed by atoms with Gasteiger partial charge < -0.3 is 5.32 Å². The maximum Gasteiger partial charge on any atom is 0.141 e. The van der Waals surface area contributed by atoms with Crippen molar-refractivity contribution in [1.82, 2.24) is 4.98 Å². The van der Waals surface area contributed by atoms with Crippen LogP contribution in [0.25, 0.3) is 0 Å². The Balaban J connectivity index is 1.82. The lowest BCUT2D eigenvalue weighted by atomic mass is 10.1. The third-order valence-electron chi connectivity index (χ3n) is 2.32. The summed E-state index contributed by atoms with van der Waals surface area (Å²) in [7, 11) is 0. The van der Waals surface area contributed by atoms with Crippen LogP contribution in [0.2, 0.25) is 0 Å². The zero-order valence-electron chi connectivity index (χ0n) is 7.87. The zero-order valence-corrected chi connectivity index (χ0v) is 8.69. The number of halogens is 1. The van der Waals surface area contributed by atoms with Gasteiger partial charge in [0.15, 0.2) is 0 Å². The van der Waals surface area contributed by atoms with Crippen LogP contribution in [-0.4, -0.2) is 23.0 Å². The summed E-state index contributed by atoms with van der Waals surface area (Å²) in [5.41, 5.74) is 0. The Kier molecular flexibility index (Phi) is 3.24. The van der Waals surface area contributed by atoms with Gasteiger partial charge in [0.25, 0.3) is 0 Å². The normalized spacial score (nSPS) is 21.1. The molecule has 0 aromatic carbocycles. The third kappa shape index (κ3) is 2.61. The van der Waals surface area contributed by atoms with Crippen LogP contribution in [0.3, 0.4) is 0 Å². The number of thioether (sulfide) groups is 1. The van der Waals surface area contributed by atoms with E-state index >= 15 is 0 Å². The van der Waals surface area contributed by atoms with Crippen LogP contribution >= 0.6 is 11.8 Å². The highest BCUT2D eigenvalue weighted by atomic mass is 32.2.